The molecule has 0 radical (unpaired) electrons. The first kappa shape index (κ1) is 20.8. The highest BCUT2D eigenvalue weighted by atomic mass is 16.5. The molecule has 2 atom stereocenters. The fourth-order valence-corrected chi connectivity index (χ4v) is 5.61. The lowest BCUT2D eigenvalue weighted by Crippen LogP contribution is -2.50. The lowest BCUT2D eigenvalue weighted by atomic mass is 9.50. The van der Waals surface area contributed by atoms with Crippen molar-refractivity contribution in [1.29, 1.82) is 10.5 Å². The summed E-state index contributed by atoms with van der Waals surface area (Å²) < 4.78 is 5.63. The number of hydrogen-bond donors (Lipinski definition) is 2. The van der Waals surface area contributed by atoms with Crippen LogP contribution in [0, 0.1) is 28.1 Å². The molecular formula is C24H30N4O2. The van der Waals surface area contributed by atoms with Crippen molar-refractivity contribution >= 4 is 5.91 Å². The van der Waals surface area contributed by atoms with Crippen LogP contribution in [0.3, 0.4) is 0 Å². The summed E-state index contributed by atoms with van der Waals surface area (Å²) in [5.41, 5.74) is 2.40. The SMILES string of the molecule is N#Cc1ccc(C23CCC(C[C@@H](C#N)NC(=O)[C@@H]4CNCCCO4)(CC2)CC3)cc1. The molecule has 158 valence electrons. The second-order valence-corrected chi connectivity index (χ2v) is 9.28. The number of hydrogen-bond acceptors (Lipinski definition) is 5. The number of amides is 1. The molecule has 0 aromatic heterocycles. The zero-order valence-corrected chi connectivity index (χ0v) is 17.5. The van der Waals surface area contributed by atoms with Gasteiger partial charge in [0.1, 0.15) is 12.1 Å². The molecule has 3 aliphatic carbocycles. The molecule has 1 aliphatic heterocycles. The van der Waals surface area contributed by atoms with E-state index in [1.807, 2.05) is 12.1 Å². The number of rotatable bonds is 5. The van der Waals surface area contributed by atoms with Crippen LogP contribution in [-0.2, 0) is 14.9 Å². The van der Waals surface area contributed by atoms with E-state index in [0.29, 0.717) is 18.7 Å². The van der Waals surface area contributed by atoms with Crippen molar-refractivity contribution in [1.82, 2.24) is 10.6 Å². The van der Waals surface area contributed by atoms with Crippen molar-refractivity contribution in [2.24, 2.45) is 5.41 Å². The number of nitriles is 2. The zero-order chi connectivity index (χ0) is 21.0. The molecular weight excluding hydrogens is 376 g/mol. The standard InChI is InChI=1S/C24H30N4O2/c25-15-18-2-4-19(5-3-18)24-9-6-23(7-10-24,8-11-24)14-20(16-26)28-22(29)21-17-27-12-1-13-30-21/h2-5,20-21,27H,1,6-14,17H2,(H,28,29)/t20-,21-,23?,24?/m0/s1. The van der Waals surface area contributed by atoms with E-state index in [1.54, 1.807) is 0 Å². The van der Waals surface area contributed by atoms with Crippen LogP contribution in [0.1, 0.15) is 62.5 Å². The first-order valence-electron chi connectivity index (χ1n) is 11.1. The van der Waals surface area contributed by atoms with Gasteiger partial charge in [0.25, 0.3) is 5.91 Å². The Balaban J connectivity index is 1.37. The quantitative estimate of drug-likeness (QED) is 0.783. The lowest BCUT2D eigenvalue weighted by Gasteiger charge is -2.54. The Labute approximate surface area is 178 Å². The maximum Gasteiger partial charge on any atom is 0.251 e. The van der Waals surface area contributed by atoms with Gasteiger partial charge in [-0.15, -0.1) is 0 Å². The molecule has 6 heteroatoms. The molecule has 1 amide bonds. The summed E-state index contributed by atoms with van der Waals surface area (Å²) in [6.45, 7) is 1.93. The Morgan fingerprint density at radius 3 is 2.50 bits per heavy atom. The molecule has 0 spiro atoms. The highest BCUT2D eigenvalue weighted by Crippen LogP contribution is 2.59. The number of nitrogens with zero attached hydrogens (tertiary/aromatic N) is 2. The first-order chi connectivity index (χ1) is 14.6. The van der Waals surface area contributed by atoms with E-state index < -0.39 is 12.1 Å². The van der Waals surface area contributed by atoms with Gasteiger partial charge in [-0.1, -0.05) is 12.1 Å². The largest absolute Gasteiger partial charge is 0.367 e. The molecule has 4 fully saturated rings. The maximum absolute atomic E-state index is 12.6. The van der Waals surface area contributed by atoms with Crippen molar-refractivity contribution in [3.05, 3.63) is 35.4 Å². The number of carbonyl (C=O) groups excluding carboxylic acids is 1. The topological polar surface area (TPSA) is 97.9 Å². The molecule has 6 nitrogen and oxygen atoms in total. The number of fused-ring (bicyclic) bond motifs is 3. The first-order valence-corrected chi connectivity index (χ1v) is 11.1. The van der Waals surface area contributed by atoms with Gasteiger partial charge < -0.3 is 15.4 Å². The van der Waals surface area contributed by atoms with E-state index >= 15 is 0 Å². The summed E-state index contributed by atoms with van der Waals surface area (Å²) in [6.07, 6.45) is 7.70. The maximum atomic E-state index is 12.6. The molecule has 1 saturated heterocycles. The van der Waals surface area contributed by atoms with Crippen LogP contribution in [0.15, 0.2) is 24.3 Å². The van der Waals surface area contributed by atoms with Crippen LogP contribution in [0.2, 0.25) is 0 Å². The van der Waals surface area contributed by atoms with E-state index in [4.69, 9.17) is 10.00 Å². The highest BCUT2D eigenvalue weighted by Gasteiger charge is 2.50. The zero-order valence-electron chi connectivity index (χ0n) is 17.5. The fraction of sp³-hybridized carbons (Fsp3) is 0.625. The second kappa shape index (κ2) is 8.76. The predicted molar refractivity (Wildman–Crippen MR) is 112 cm³/mol. The van der Waals surface area contributed by atoms with Gasteiger partial charge >= 0.3 is 0 Å². The van der Waals surface area contributed by atoms with Crippen LogP contribution in [-0.4, -0.2) is 37.7 Å². The Bertz CT molecular complexity index is 819. The summed E-state index contributed by atoms with van der Waals surface area (Å²) in [5, 5.41) is 24.9. The minimum Gasteiger partial charge on any atom is -0.367 e. The highest BCUT2D eigenvalue weighted by molar-refractivity contribution is 5.81. The molecule has 4 aliphatic rings. The summed E-state index contributed by atoms with van der Waals surface area (Å²) in [5.74, 6) is -0.175. The molecule has 1 aromatic carbocycles. The number of carbonyl (C=O) groups is 1. The van der Waals surface area contributed by atoms with Crippen LogP contribution in [0.5, 0.6) is 0 Å². The average Bonchev–Trinajstić information content (AvgIpc) is 3.09. The molecule has 1 heterocycles. The van der Waals surface area contributed by atoms with Gasteiger partial charge in [-0.3, -0.25) is 4.79 Å². The average molecular weight is 407 g/mol. The van der Waals surface area contributed by atoms with Crippen LogP contribution < -0.4 is 10.6 Å². The van der Waals surface area contributed by atoms with E-state index in [1.165, 1.54) is 5.56 Å². The Morgan fingerprint density at radius 1 is 1.17 bits per heavy atom. The molecule has 2 bridgehead atoms. The minimum absolute atomic E-state index is 0.143. The molecule has 5 rings (SSSR count). The number of nitrogens with one attached hydrogen (secondary N) is 2. The fourth-order valence-electron chi connectivity index (χ4n) is 5.61. The van der Waals surface area contributed by atoms with Gasteiger partial charge in [-0.25, -0.2) is 0 Å². The van der Waals surface area contributed by atoms with Gasteiger partial charge in [-0.05, 0) is 86.4 Å². The van der Waals surface area contributed by atoms with E-state index in [2.05, 4.69) is 34.9 Å². The third-order valence-corrected chi connectivity index (χ3v) is 7.58. The molecule has 30 heavy (non-hydrogen) atoms. The van der Waals surface area contributed by atoms with E-state index in [9.17, 15) is 10.1 Å². The summed E-state index contributed by atoms with van der Waals surface area (Å²) in [7, 11) is 0. The molecule has 1 aromatic rings. The van der Waals surface area contributed by atoms with Crippen LogP contribution in [0.4, 0.5) is 0 Å². The molecule has 3 saturated carbocycles. The normalized spacial score (nSPS) is 31.7. The van der Waals surface area contributed by atoms with Crippen LogP contribution in [0.25, 0.3) is 0 Å². The van der Waals surface area contributed by atoms with Crippen molar-refractivity contribution in [3.8, 4) is 12.1 Å². The van der Waals surface area contributed by atoms with Gasteiger partial charge in [0.2, 0.25) is 0 Å². The van der Waals surface area contributed by atoms with Gasteiger partial charge in [0.15, 0.2) is 0 Å². The minimum atomic E-state index is -0.511. The van der Waals surface area contributed by atoms with Gasteiger partial charge in [-0.2, -0.15) is 10.5 Å². The molecule has 0 unspecified atom stereocenters. The van der Waals surface area contributed by atoms with Crippen molar-refractivity contribution in [2.45, 2.75) is 68.9 Å². The van der Waals surface area contributed by atoms with E-state index in [0.717, 1.165) is 57.9 Å². The Morgan fingerprint density at radius 2 is 1.87 bits per heavy atom. The summed E-state index contributed by atoms with van der Waals surface area (Å²) >= 11 is 0. The lowest BCUT2D eigenvalue weighted by molar-refractivity contribution is -0.132. The number of ether oxygens (including phenoxy) is 1. The number of benzene rings is 1. The monoisotopic (exact) mass is 406 g/mol. The van der Waals surface area contributed by atoms with Crippen molar-refractivity contribution < 1.29 is 9.53 Å². The van der Waals surface area contributed by atoms with Gasteiger partial charge in [0.05, 0.1) is 17.7 Å². The molecule has 2 N–H and O–H groups in total. The van der Waals surface area contributed by atoms with Crippen molar-refractivity contribution in [2.75, 3.05) is 19.7 Å². The summed E-state index contributed by atoms with van der Waals surface area (Å²) in [4.78, 5) is 12.6. The summed E-state index contributed by atoms with van der Waals surface area (Å²) in [6, 6.07) is 12.1. The predicted octanol–water partition coefficient (Wildman–Crippen LogP) is 2.93. The third-order valence-electron chi connectivity index (χ3n) is 7.58. The van der Waals surface area contributed by atoms with Crippen LogP contribution >= 0.6 is 0 Å². The van der Waals surface area contributed by atoms with Crippen molar-refractivity contribution in [3.63, 3.8) is 0 Å². The van der Waals surface area contributed by atoms with Gasteiger partial charge in [0, 0.05) is 13.2 Å². The smallest absolute Gasteiger partial charge is 0.251 e. The van der Waals surface area contributed by atoms with E-state index in [-0.39, 0.29) is 16.7 Å². The second-order valence-electron chi connectivity index (χ2n) is 9.28. The Kier molecular flexibility index (Phi) is 6.09. The third kappa shape index (κ3) is 4.21. The Hall–Kier alpha value is -2.41.